The number of carbonyl (C=O) groups excluding carboxylic acids is 1. The second kappa shape index (κ2) is 2.98. The molecule has 1 amide bonds. The molecule has 58 valence electrons. The summed E-state index contributed by atoms with van der Waals surface area (Å²) in [6.07, 6.45) is -0.434. The van der Waals surface area contributed by atoms with Crippen LogP contribution in [0.4, 0.5) is 0 Å². The first-order valence-corrected chi connectivity index (χ1v) is 3.34. The van der Waals surface area contributed by atoms with E-state index < -0.39 is 6.10 Å². The molecule has 10 heavy (non-hydrogen) atoms. The quantitative estimate of drug-likeness (QED) is 0.488. The van der Waals surface area contributed by atoms with Crippen molar-refractivity contribution in [2.45, 2.75) is 19.1 Å². The van der Waals surface area contributed by atoms with Crippen LogP contribution in [0.2, 0.25) is 0 Å². The molecule has 0 aliphatic carbocycles. The predicted octanol–water partition coefficient (Wildman–Crippen LogP) is -1.15. The molecule has 0 aromatic heterocycles. The standard InChI is InChI=1S/C6H12N2O2/c1-4-3-10-5(2-8-4)6(7)9/h4-5,8H,2-3H2,1H3,(H2,7,9). The Morgan fingerprint density at radius 3 is 2.90 bits per heavy atom. The van der Waals surface area contributed by atoms with E-state index in [2.05, 4.69) is 5.32 Å². The minimum absolute atomic E-state index is 0.329. The monoisotopic (exact) mass is 144 g/mol. The maximum absolute atomic E-state index is 10.5. The summed E-state index contributed by atoms with van der Waals surface area (Å²) in [4.78, 5) is 10.5. The number of amides is 1. The number of morpholine rings is 1. The van der Waals surface area contributed by atoms with Gasteiger partial charge in [-0.25, -0.2) is 0 Å². The van der Waals surface area contributed by atoms with E-state index in [1.807, 2.05) is 6.92 Å². The van der Waals surface area contributed by atoms with Crippen LogP contribution < -0.4 is 11.1 Å². The van der Waals surface area contributed by atoms with Gasteiger partial charge in [0.15, 0.2) is 0 Å². The summed E-state index contributed by atoms with van der Waals surface area (Å²) < 4.78 is 5.11. The fourth-order valence-corrected chi connectivity index (χ4v) is 0.869. The molecule has 1 heterocycles. The fraction of sp³-hybridized carbons (Fsp3) is 0.833. The first kappa shape index (κ1) is 7.50. The molecule has 0 aromatic rings. The van der Waals surface area contributed by atoms with Crippen LogP contribution in [0, 0.1) is 0 Å². The number of ether oxygens (including phenoxy) is 1. The molecule has 0 aromatic carbocycles. The van der Waals surface area contributed by atoms with E-state index in [-0.39, 0.29) is 5.91 Å². The van der Waals surface area contributed by atoms with Crippen LogP contribution in [-0.4, -0.2) is 31.2 Å². The predicted molar refractivity (Wildman–Crippen MR) is 36.4 cm³/mol. The molecule has 1 aliphatic heterocycles. The van der Waals surface area contributed by atoms with Crippen LogP contribution >= 0.6 is 0 Å². The lowest BCUT2D eigenvalue weighted by Crippen LogP contribution is -2.49. The van der Waals surface area contributed by atoms with Crippen LogP contribution in [0.25, 0.3) is 0 Å². The second-order valence-electron chi connectivity index (χ2n) is 2.53. The van der Waals surface area contributed by atoms with E-state index in [1.54, 1.807) is 0 Å². The Bertz CT molecular complexity index is 130. The van der Waals surface area contributed by atoms with Crippen molar-refractivity contribution < 1.29 is 9.53 Å². The van der Waals surface area contributed by atoms with Gasteiger partial charge in [0.2, 0.25) is 5.91 Å². The largest absolute Gasteiger partial charge is 0.367 e. The average Bonchev–Trinajstić information content (AvgIpc) is 1.88. The number of hydrogen-bond acceptors (Lipinski definition) is 3. The van der Waals surface area contributed by atoms with Gasteiger partial charge in [0.1, 0.15) is 6.10 Å². The number of hydrogen-bond donors (Lipinski definition) is 2. The van der Waals surface area contributed by atoms with Crippen molar-refractivity contribution in [3.8, 4) is 0 Å². The summed E-state index contributed by atoms with van der Waals surface area (Å²) in [6.45, 7) is 3.10. The van der Waals surface area contributed by atoms with Gasteiger partial charge in [0, 0.05) is 12.6 Å². The molecule has 1 rings (SSSR count). The van der Waals surface area contributed by atoms with Crippen LogP contribution in [0.1, 0.15) is 6.92 Å². The molecule has 0 saturated carbocycles. The third-order valence-corrected chi connectivity index (χ3v) is 1.52. The molecule has 1 fully saturated rings. The van der Waals surface area contributed by atoms with Gasteiger partial charge in [-0.15, -0.1) is 0 Å². The Hall–Kier alpha value is -0.610. The maximum atomic E-state index is 10.5. The Kier molecular flexibility index (Phi) is 2.24. The summed E-state index contributed by atoms with van der Waals surface area (Å²) in [7, 11) is 0. The van der Waals surface area contributed by atoms with Crippen LogP contribution in [0.15, 0.2) is 0 Å². The lowest BCUT2D eigenvalue weighted by Gasteiger charge is -2.25. The minimum Gasteiger partial charge on any atom is -0.367 e. The Labute approximate surface area is 59.7 Å². The van der Waals surface area contributed by atoms with Crippen LogP contribution in [0.5, 0.6) is 0 Å². The van der Waals surface area contributed by atoms with Crippen molar-refractivity contribution in [2.75, 3.05) is 13.2 Å². The zero-order valence-corrected chi connectivity index (χ0v) is 5.96. The lowest BCUT2D eigenvalue weighted by atomic mass is 10.2. The van der Waals surface area contributed by atoms with Gasteiger partial charge in [-0.2, -0.15) is 0 Å². The van der Waals surface area contributed by atoms with Gasteiger partial charge in [0.05, 0.1) is 6.61 Å². The molecule has 1 saturated heterocycles. The molecule has 0 radical (unpaired) electrons. The lowest BCUT2D eigenvalue weighted by molar-refractivity contribution is -0.131. The van der Waals surface area contributed by atoms with Gasteiger partial charge in [-0.3, -0.25) is 4.79 Å². The van der Waals surface area contributed by atoms with Crippen molar-refractivity contribution in [3.63, 3.8) is 0 Å². The number of primary amides is 1. The molecular weight excluding hydrogens is 132 g/mol. The highest BCUT2D eigenvalue weighted by molar-refractivity contribution is 5.79. The van der Waals surface area contributed by atoms with Crippen LogP contribution in [0.3, 0.4) is 0 Å². The van der Waals surface area contributed by atoms with Crippen molar-refractivity contribution in [1.29, 1.82) is 0 Å². The first-order chi connectivity index (χ1) is 4.70. The van der Waals surface area contributed by atoms with Crippen molar-refractivity contribution in [2.24, 2.45) is 5.73 Å². The van der Waals surface area contributed by atoms with Gasteiger partial charge in [-0.1, -0.05) is 0 Å². The highest BCUT2D eigenvalue weighted by Crippen LogP contribution is 1.98. The summed E-state index contributed by atoms with van der Waals surface area (Å²) in [5.74, 6) is -0.389. The highest BCUT2D eigenvalue weighted by atomic mass is 16.5. The number of nitrogens with one attached hydrogen (secondary N) is 1. The van der Waals surface area contributed by atoms with E-state index in [0.717, 1.165) is 0 Å². The van der Waals surface area contributed by atoms with E-state index in [1.165, 1.54) is 0 Å². The zero-order valence-electron chi connectivity index (χ0n) is 5.96. The SMILES string of the molecule is CC1COC(C(N)=O)CN1. The number of nitrogens with two attached hydrogens (primary N) is 1. The molecule has 4 nitrogen and oxygen atoms in total. The van der Waals surface area contributed by atoms with Gasteiger partial charge < -0.3 is 15.8 Å². The Morgan fingerprint density at radius 1 is 1.80 bits per heavy atom. The van der Waals surface area contributed by atoms with E-state index in [0.29, 0.717) is 19.2 Å². The maximum Gasteiger partial charge on any atom is 0.247 e. The Balaban J connectivity index is 2.33. The zero-order chi connectivity index (χ0) is 7.56. The smallest absolute Gasteiger partial charge is 0.247 e. The average molecular weight is 144 g/mol. The Morgan fingerprint density at radius 2 is 2.50 bits per heavy atom. The number of rotatable bonds is 1. The topological polar surface area (TPSA) is 64.3 Å². The normalized spacial score (nSPS) is 33.7. The fourth-order valence-electron chi connectivity index (χ4n) is 0.869. The molecule has 2 atom stereocenters. The molecule has 1 aliphatic rings. The van der Waals surface area contributed by atoms with Gasteiger partial charge in [0.25, 0.3) is 0 Å². The summed E-state index contributed by atoms with van der Waals surface area (Å²) in [6, 6.07) is 0.329. The van der Waals surface area contributed by atoms with E-state index in [4.69, 9.17) is 10.5 Å². The summed E-state index contributed by atoms with van der Waals surface area (Å²) in [5, 5.41) is 3.09. The molecule has 3 N–H and O–H groups in total. The van der Waals surface area contributed by atoms with E-state index >= 15 is 0 Å². The molecular formula is C6H12N2O2. The molecule has 0 spiro atoms. The number of carbonyl (C=O) groups is 1. The van der Waals surface area contributed by atoms with Crippen LogP contribution in [-0.2, 0) is 9.53 Å². The first-order valence-electron chi connectivity index (χ1n) is 3.34. The minimum atomic E-state index is -0.434. The van der Waals surface area contributed by atoms with E-state index in [9.17, 15) is 4.79 Å². The molecule has 4 heteroatoms. The van der Waals surface area contributed by atoms with Crippen molar-refractivity contribution >= 4 is 5.91 Å². The third-order valence-electron chi connectivity index (χ3n) is 1.52. The third kappa shape index (κ3) is 1.68. The van der Waals surface area contributed by atoms with Crippen molar-refractivity contribution in [1.82, 2.24) is 5.32 Å². The summed E-state index contributed by atoms with van der Waals surface area (Å²) >= 11 is 0. The second-order valence-corrected chi connectivity index (χ2v) is 2.53. The highest BCUT2D eigenvalue weighted by Gasteiger charge is 2.21. The van der Waals surface area contributed by atoms with Gasteiger partial charge >= 0.3 is 0 Å². The molecule has 0 bridgehead atoms. The molecule has 2 unspecified atom stereocenters. The van der Waals surface area contributed by atoms with Crippen molar-refractivity contribution in [3.05, 3.63) is 0 Å². The summed E-state index contributed by atoms with van der Waals surface area (Å²) in [5.41, 5.74) is 5.01. The van der Waals surface area contributed by atoms with Gasteiger partial charge in [-0.05, 0) is 6.92 Å².